The fraction of sp³-hybridized carbons (Fsp3) is 0.227. The molecule has 6 nitrogen and oxygen atoms in total. The second-order valence-electron chi connectivity index (χ2n) is 6.67. The Morgan fingerprint density at radius 3 is 2.62 bits per heavy atom. The van der Waals surface area contributed by atoms with Crippen molar-refractivity contribution < 1.29 is 9.53 Å². The van der Waals surface area contributed by atoms with Gasteiger partial charge in [-0.3, -0.25) is 9.59 Å². The van der Waals surface area contributed by atoms with Gasteiger partial charge < -0.3 is 10.1 Å². The van der Waals surface area contributed by atoms with Gasteiger partial charge in [0.1, 0.15) is 0 Å². The lowest BCUT2D eigenvalue weighted by Crippen LogP contribution is -2.31. The van der Waals surface area contributed by atoms with E-state index in [4.69, 9.17) is 4.74 Å². The van der Waals surface area contributed by atoms with Crippen LogP contribution in [0, 0.1) is 13.8 Å². The summed E-state index contributed by atoms with van der Waals surface area (Å²) >= 11 is 1.60. The maximum absolute atomic E-state index is 12.5. The van der Waals surface area contributed by atoms with E-state index in [9.17, 15) is 9.59 Å². The molecule has 0 saturated heterocycles. The van der Waals surface area contributed by atoms with Crippen LogP contribution < -0.4 is 15.6 Å². The van der Waals surface area contributed by atoms with E-state index in [1.54, 1.807) is 18.7 Å². The fourth-order valence-corrected chi connectivity index (χ4v) is 3.14. The molecule has 0 aliphatic rings. The molecule has 150 valence electrons. The molecular formula is C22H23N3O3S. The van der Waals surface area contributed by atoms with Gasteiger partial charge in [0.2, 0.25) is 5.88 Å². The van der Waals surface area contributed by atoms with Crippen LogP contribution in [0.15, 0.2) is 64.3 Å². The van der Waals surface area contributed by atoms with Crippen LogP contribution in [0.5, 0.6) is 5.88 Å². The van der Waals surface area contributed by atoms with Gasteiger partial charge in [-0.15, -0.1) is 16.9 Å². The van der Waals surface area contributed by atoms with Crippen molar-refractivity contribution in [3.05, 3.63) is 76.1 Å². The number of carbonyl (C=O) groups is 1. The number of aromatic nitrogens is 2. The number of ether oxygens (including phenoxy) is 1. The predicted octanol–water partition coefficient (Wildman–Crippen LogP) is 3.98. The van der Waals surface area contributed by atoms with Crippen molar-refractivity contribution in [2.75, 3.05) is 11.6 Å². The summed E-state index contributed by atoms with van der Waals surface area (Å²) < 4.78 is 6.96. The number of thioether (sulfide) groups is 1. The van der Waals surface area contributed by atoms with Crippen molar-refractivity contribution >= 4 is 23.4 Å². The van der Waals surface area contributed by atoms with Crippen molar-refractivity contribution in [2.45, 2.75) is 31.8 Å². The summed E-state index contributed by atoms with van der Waals surface area (Å²) in [5.74, 6) is -0.0997. The highest BCUT2D eigenvalue weighted by Crippen LogP contribution is 2.19. The van der Waals surface area contributed by atoms with Gasteiger partial charge in [-0.25, -0.2) is 0 Å². The number of hydrogen-bond acceptors (Lipinski definition) is 5. The molecule has 0 spiro atoms. The number of carbonyl (C=O) groups excluding carboxylic acids is 1. The van der Waals surface area contributed by atoms with Gasteiger partial charge in [-0.2, -0.15) is 4.68 Å². The Morgan fingerprint density at radius 1 is 1.10 bits per heavy atom. The number of hydrogen-bond donors (Lipinski definition) is 1. The summed E-state index contributed by atoms with van der Waals surface area (Å²) in [7, 11) is 0. The number of rotatable bonds is 6. The van der Waals surface area contributed by atoms with Crippen LogP contribution in [0.3, 0.4) is 0 Å². The number of nitrogens with zero attached hydrogens (tertiary/aromatic N) is 2. The van der Waals surface area contributed by atoms with E-state index >= 15 is 0 Å². The molecule has 3 aromatic rings. The normalized spacial score (nSPS) is 11.7. The number of benzene rings is 2. The molecule has 3 rings (SSSR count). The summed E-state index contributed by atoms with van der Waals surface area (Å²) in [6.45, 7) is 5.62. The lowest BCUT2D eigenvalue weighted by atomic mass is 10.1. The monoisotopic (exact) mass is 409 g/mol. The van der Waals surface area contributed by atoms with Crippen LogP contribution in [-0.2, 0) is 4.79 Å². The molecule has 1 N–H and O–H groups in total. The van der Waals surface area contributed by atoms with Crippen molar-refractivity contribution in [1.82, 2.24) is 9.78 Å². The largest absolute Gasteiger partial charge is 0.463 e. The van der Waals surface area contributed by atoms with Gasteiger partial charge in [-0.1, -0.05) is 12.1 Å². The predicted molar refractivity (Wildman–Crippen MR) is 116 cm³/mol. The lowest BCUT2D eigenvalue weighted by molar-refractivity contribution is -0.122. The Balaban J connectivity index is 1.76. The number of anilines is 1. The topological polar surface area (TPSA) is 73.2 Å². The van der Waals surface area contributed by atoms with Gasteiger partial charge in [0.15, 0.2) is 6.10 Å². The highest BCUT2D eigenvalue weighted by molar-refractivity contribution is 7.98. The average molecular weight is 410 g/mol. The molecule has 0 unspecified atom stereocenters. The summed E-state index contributed by atoms with van der Waals surface area (Å²) in [5.41, 5.74) is 3.26. The first kappa shape index (κ1) is 20.7. The molecule has 0 radical (unpaired) electrons. The van der Waals surface area contributed by atoms with Gasteiger partial charge in [0, 0.05) is 22.7 Å². The van der Waals surface area contributed by atoms with Crippen LogP contribution in [0.4, 0.5) is 5.69 Å². The van der Waals surface area contributed by atoms with Gasteiger partial charge >= 0.3 is 0 Å². The second kappa shape index (κ2) is 8.96. The molecule has 0 aliphatic heterocycles. The van der Waals surface area contributed by atoms with Gasteiger partial charge in [-0.05, 0) is 68.5 Å². The summed E-state index contributed by atoms with van der Waals surface area (Å²) in [6, 6.07) is 16.1. The molecular weight excluding hydrogens is 386 g/mol. The molecule has 29 heavy (non-hydrogen) atoms. The van der Waals surface area contributed by atoms with E-state index in [1.165, 1.54) is 16.8 Å². The third-order valence-electron chi connectivity index (χ3n) is 4.51. The maximum Gasteiger partial charge on any atom is 0.271 e. The highest BCUT2D eigenvalue weighted by Gasteiger charge is 2.16. The Labute approximate surface area is 173 Å². The molecule has 2 aromatic carbocycles. The zero-order valence-electron chi connectivity index (χ0n) is 16.8. The smallest absolute Gasteiger partial charge is 0.271 e. The zero-order valence-corrected chi connectivity index (χ0v) is 17.6. The van der Waals surface area contributed by atoms with Crippen LogP contribution in [0.1, 0.15) is 18.1 Å². The third kappa shape index (κ3) is 5.06. The maximum atomic E-state index is 12.5. The third-order valence-corrected chi connectivity index (χ3v) is 5.24. The Kier molecular flexibility index (Phi) is 6.39. The first-order chi connectivity index (χ1) is 13.9. The Bertz CT molecular complexity index is 1090. The number of aryl methyl sites for hydroxylation is 2. The quantitative estimate of drug-likeness (QED) is 0.624. The van der Waals surface area contributed by atoms with Crippen LogP contribution in [0.2, 0.25) is 0 Å². The zero-order chi connectivity index (χ0) is 21.0. The number of amides is 1. The molecule has 0 fully saturated rings. The number of nitrogens with one attached hydrogen (secondary N) is 1. The van der Waals surface area contributed by atoms with E-state index in [-0.39, 0.29) is 17.3 Å². The standard InChI is InChI=1S/C22H23N3O3S/c1-14-8-9-18(12-15(14)2)25-21(26)11-10-20(24-25)28-16(3)22(27)23-17-6-5-7-19(13-17)29-4/h5-13,16H,1-4H3,(H,23,27)/t16-/m0/s1. The van der Waals surface area contributed by atoms with Gasteiger partial charge in [0.05, 0.1) is 5.69 Å². The van der Waals surface area contributed by atoms with E-state index in [0.29, 0.717) is 11.4 Å². The second-order valence-corrected chi connectivity index (χ2v) is 7.55. The minimum atomic E-state index is -0.786. The van der Waals surface area contributed by atoms with Crippen molar-refractivity contribution in [2.24, 2.45) is 0 Å². The van der Waals surface area contributed by atoms with Crippen LogP contribution in [0.25, 0.3) is 5.69 Å². The first-order valence-corrected chi connectivity index (χ1v) is 10.4. The van der Waals surface area contributed by atoms with Gasteiger partial charge in [0.25, 0.3) is 11.5 Å². The lowest BCUT2D eigenvalue weighted by Gasteiger charge is -2.15. The van der Waals surface area contributed by atoms with Crippen molar-refractivity contribution in [1.29, 1.82) is 0 Å². The molecule has 7 heteroatoms. The van der Waals surface area contributed by atoms with E-state index < -0.39 is 6.10 Å². The minimum absolute atomic E-state index is 0.198. The highest BCUT2D eigenvalue weighted by atomic mass is 32.2. The minimum Gasteiger partial charge on any atom is -0.463 e. The van der Waals surface area contributed by atoms with E-state index in [0.717, 1.165) is 16.0 Å². The molecule has 1 aromatic heterocycles. The summed E-state index contributed by atoms with van der Waals surface area (Å²) in [4.78, 5) is 25.8. The molecule has 1 amide bonds. The Hall–Kier alpha value is -3.06. The van der Waals surface area contributed by atoms with E-state index in [2.05, 4.69) is 10.4 Å². The molecule has 1 atom stereocenters. The van der Waals surface area contributed by atoms with Crippen LogP contribution >= 0.6 is 11.8 Å². The molecule has 1 heterocycles. The van der Waals surface area contributed by atoms with Crippen molar-refractivity contribution in [3.63, 3.8) is 0 Å². The molecule has 0 saturated carbocycles. The molecule has 0 bridgehead atoms. The SMILES string of the molecule is CSc1cccc(NC(=O)[C@H](C)Oc2ccc(=O)n(-c3ccc(C)c(C)c3)n2)c1. The van der Waals surface area contributed by atoms with E-state index in [1.807, 2.05) is 62.6 Å². The average Bonchev–Trinajstić information content (AvgIpc) is 2.71. The first-order valence-electron chi connectivity index (χ1n) is 9.17. The summed E-state index contributed by atoms with van der Waals surface area (Å²) in [5, 5.41) is 7.10. The molecule has 0 aliphatic carbocycles. The fourth-order valence-electron chi connectivity index (χ4n) is 2.68. The summed E-state index contributed by atoms with van der Waals surface area (Å²) in [6.07, 6.45) is 1.19. The van der Waals surface area contributed by atoms with Crippen LogP contribution in [-0.4, -0.2) is 28.0 Å². The Morgan fingerprint density at radius 2 is 1.90 bits per heavy atom. The van der Waals surface area contributed by atoms with Crippen molar-refractivity contribution in [3.8, 4) is 11.6 Å².